The number of hydrogen-bond donors (Lipinski definition) is 1. The number of benzene rings is 1. The maximum absolute atomic E-state index is 12.5. The number of aromatic nitrogens is 3. The van der Waals surface area contributed by atoms with Gasteiger partial charge >= 0.3 is 0 Å². The van der Waals surface area contributed by atoms with E-state index >= 15 is 0 Å². The zero-order valence-corrected chi connectivity index (χ0v) is 17.7. The number of carbonyl (C=O) groups excluding carboxylic acids is 1. The molecule has 1 amide bonds. The summed E-state index contributed by atoms with van der Waals surface area (Å²) in [5, 5.41) is 11.9. The van der Waals surface area contributed by atoms with E-state index in [9.17, 15) is 4.79 Å². The van der Waals surface area contributed by atoms with E-state index < -0.39 is 0 Å². The molecule has 1 N–H and O–H groups in total. The summed E-state index contributed by atoms with van der Waals surface area (Å²) in [5.74, 6) is 1.74. The number of amides is 1. The van der Waals surface area contributed by atoms with E-state index in [1.54, 1.807) is 6.07 Å². The first-order valence-electron chi connectivity index (χ1n) is 9.73. The summed E-state index contributed by atoms with van der Waals surface area (Å²) in [6.45, 7) is 7.07. The fourth-order valence-corrected chi connectivity index (χ4v) is 4.62. The van der Waals surface area contributed by atoms with Crippen LogP contribution in [0.4, 0.5) is 10.8 Å². The van der Waals surface area contributed by atoms with Crippen LogP contribution in [0.1, 0.15) is 34.9 Å². The third-order valence-corrected chi connectivity index (χ3v) is 6.09. The minimum atomic E-state index is -0.297. The average Bonchev–Trinajstić information content (AvgIpc) is 3.12. The molecule has 4 heterocycles. The second kappa shape index (κ2) is 6.94. The van der Waals surface area contributed by atoms with Gasteiger partial charge in [-0.2, -0.15) is 5.10 Å². The lowest BCUT2D eigenvalue weighted by molar-refractivity contribution is 0.0901. The molecule has 0 atom stereocenters. The molecule has 0 bridgehead atoms. The Kier molecular flexibility index (Phi) is 4.35. The minimum Gasteiger partial charge on any atom is -0.490 e. The summed E-state index contributed by atoms with van der Waals surface area (Å²) in [6, 6.07) is 9.25. The number of thiazole rings is 1. The molecule has 0 radical (unpaired) electrons. The number of hydrogen-bond acceptors (Lipinski definition) is 8. The third kappa shape index (κ3) is 3.45. The van der Waals surface area contributed by atoms with Crippen molar-refractivity contribution in [3.63, 3.8) is 0 Å². The minimum absolute atomic E-state index is 0.0616. The lowest BCUT2D eigenvalue weighted by Crippen LogP contribution is -2.48. The lowest BCUT2D eigenvalue weighted by Gasteiger charge is -2.29. The van der Waals surface area contributed by atoms with Crippen molar-refractivity contribution in [3.05, 3.63) is 46.6 Å². The zero-order chi connectivity index (χ0) is 20.9. The molecule has 2 aromatic heterocycles. The van der Waals surface area contributed by atoms with Crippen molar-refractivity contribution in [2.24, 2.45) is 0 Å². The molecule has 0 saturated heterocycles. The Morgan fingerprint density at radius 3 is 2.90 bits per heavy atom. The molecule has 2 aliphatic heterocycles. The van der Waals surface area contributed by atoms with E-state index in [-0.39, 0.29) is 11.4 Å². The predicted molar refractivity (Wildman–Crippen MR) is 113 cm³/mol. The summed E-state index contributed by atoms with van der Waals surface area (Å²) < 4.78 is 11.7. The number of anilines is 2. The molecule has 5 rings (SSSR count). The van der Waals surface area contributed by atoms with Crippen molar-refractivity contribution in [1.82, 2.24) is 20.5 Å². The van der Waals surface area contributed by atoms with Gasteiger partial charge in [0.25, 0.3) is 5.91 Å². The fraction of sp³-hybridized carbons (Fsp3) is 0.333. The molecular weight excluding hydrogens is 402 g/mol. The number of nitrogens with one attached hydrogen (secondary N) is 1. The Balaban J connectivity index is 1.48. The van der Waals surface area contributed by atoms with Crippen molar-refractivity contribution >= 4 is 28.1 Å². The average molecular weight is 423 g/mol. The Bertz CT molecular complexity index is 1130. The first-order valence-corrected chi connectivity index (χ1v) is 10.5. The monoisotopic (exact) mass is 423 g/mol. The number of ether oxygens (including phenoxy) is 2. The topological polar surface area (TPSA) is 89.5 Å². The first-order chi connectivity index (χ1) is 14.4. The number of rotatable bonds is 3. The molecule has 0 spiro atoms. The van der Waals surface area contributed by atoms with Crippen molar-refractivity contribution in [2.75, 3.05) is 18.1 Å². The Labute approximate surface area is 177 Å². The predicted octanol–water partition coefficient (Wildman–Crippen LogP) is 3.63. The summed E-state index contributed by atoms with van der Waals surface area (Å²) in [4.78, 5) is 20.1. The van der Waals surface area contributed by atoms with Gasteiger partial charge in [-0.15, -0.1) is 5.10 Å². The van der Waals surface area contributed by atoms with Crippen molar-refractivity contribution in [2.45, 2.75) is 32.7 Å². The van der Waals surface area contributed by atoms with Gasteiger partial charge in [0.2, 0.25) is 5.88 Å². The van der Waals surface area contributed by atoms with E-state index in [1.807, 2.05) is 45.0 Å². The summed E-state index contributed by atoms with van der Waals surface area (Å²) >= 11 is 1.41. The quantitative estimate of drug-likeness (QED) is 0.688. The van der Waals surface area contributed by atoms with Crippen LogP contribution in [0, 0.1) is 6.92 Å². The van der Waals surface area contributed by atoms with Gasteiger partial charge in [-0.3, -0.25) is 4.79 Å². The third-order valence-electron chi connectivity index (χ3n) is 4.97. The first kappa shape index (κ1) is 18.8. The van der Waals surface area contributed by atoms with Gasteiger partial charge in [-0.05, 0) is 39.0 Å². The van der Waals surface area contributed by atoms with E-state index in [4.69, 9.17) is 14.5 Å². The highest BCUT2D eigenvalue weighted by Gasteiger charge is 2.34. The lowest BCUT2D eigenvalue weighted by atomic mass is 9.94. The molecule has 9 heteroatoms. The van der Waals surface area contributed by atoms with Crippen LogP contribution in [-0.2, 0) is 6.42 Å². The number of aryl methyl sites for hydroxylation is 1. The highest BCUT2D eigenvalue weighted by atomic mass is 32.1. The maximum atomic E-state index is 12.5. The largest absolute Gasteiger partial charge is 0.490 e. The van der Waals surface area contributed by atoms with Gasteiger partial charge < -0.3 is 19.7 Å². The molecular formula is C21H21N5O3S. The van der Waals surface area contributed by atoms with Gasteiger partial charge in [0.15, 0.2) is 5.13 Å². The van der Waals surface area contributed by atoms with Gasteiger partial charge in [0, 0.05) is 24.1 Å². The zero-order valence-electron chi connectivity index (χ0n) is 16.9. The molecule has 30 heavy (non-hydrogen) atoms. The molecule has 3 aromatic rings. The van der Waals surface area contributed by atoms with E-state index in [0.717, 1.165) is 28.0 Å². The molecule has 1 aromatic carbocycles. The molecule has 2 aliphatic rings. The van der Waals surface area contributed by atoms with Crippen LogP contribution < -0.4 is 19.7 Å². The van der Waals surface area contributed by atoms with E-state index in [1.165, 1.54) is 11.3 Å². The van der Waals surface area contributed by atoms with Crippen molar-refractivity contribution < 1.29 is 14.3 Å². The molecule has 0 aliphatic carbocycles. The smallest absolute Gasteiger partial charge is 0.263 e. The van der Waals surface area contributed by atoms with Crippen LogP contribution in [0.15, 0.2) is 30.3 Å². The van der Waals surface area contributed by atoms with Crippen LogP contribution in [0.5, 0.6) is 17.4 Å². The highest BCUT2D eigenvalue weighted by Crippen LogP contribution is 2.42. The van der Waals surface area contributed by atoms with Gasteiger partial charge in [-0.1, -0.05) is 11.3 Å². The standard InChI is InChI=1S/C21H21N5O3S/c1-12-4-7-17(25-24-12)29-13-5-6-16-15(10-13)26(8-9-28-16)20-22-14-11-21(2,3)23-19(27)18(14)30-20/h4-7,10H,8-9,11H2,1-3H3,(H,23,27). The van der Waals surface area contributed by atoms with Crippen LogP contribution in [0.2, 0.25) is 0 Å². The summed E-state index contributed by atoms with van der Waals surface area (Å²) in [6.07, 6.45) is 0.705. The Hall–Kier alpha value is -3.20. The van der Waals surface area contributed by atoms with Crippen LogP contribution in [-0.4, -0.2) is 39.8 Å². The molecule has 8 nitrogen and oxygen atoms in total. The van der Waals surface area contributed by atoms with Crippen LogP contribution in [0.3, 0.4) is 0 Å². The highest BCUT2D eigenvalue weighted by molar-refractivity contribution is 7.17. The van der Waals surface area contributed by atoms with Crippen molar-refractivity contribution in [1.29, 1.82) is 0 Å². The SMILES string of the molecule is Cc1ccc(Oc2ccc3c(c2)N(c2nc4c(s2)C(=O)NC(C)(C)C4)CCO3)nn1. The Morgan fingerprint density at radius 2 is 2.10 bits per heavy atom. The number of fused-ring (bicyclic) bond motifs is 2. The van der Waals surface area contributed by atoms with Gasteiger partial charge in [0.1, 0.15) is 23.0 Å². The number of nitrogens with zero attached hydrogens (tertiary/aromatic N) is 4. The molecule has 0 unspecified atom stereocenters. The Morgan fingerprint density at radius 1 is 1.23 bits per heavy atom. The van der Waals surface area contributed by atoms with E-state index in [0.29, 0.717) is 36.1 Å². The van der Waals surface area contributed by atoms with Gasteiger partial charge in [0.05, 0.1) is 23.6 Å². The second-order valence-electron chi connectivity index (χ2n) is 8.03. The maximum Gasteiger partial charge on any atom is 0.263 e. The van der Waals surface area contributed by atoms with E-state index in [2.05, 4.69) is 20.4 Å². The second-order valence-corrected chi connectivity index (χ2v) is 9.01. The number of carbonyl (C=O) groups is 1. The normalized spacial score (nSPS) is 16.9. The molecule has 0 fully saturated rings. The molecule has 154 valence electrons. The summed E-state index contributed by atoms with van der Waals surface area (Å²) in [5.41, 5.74) is 2.23. The van der Waals surface area contributed by atoms with Crippen LogP contribution >= 0.6 is 11.3 Å². The fourth-order valence-electron chi connectivity index (χ4n) is 3.60. The molecule has 0 saturated carbocycles. The van der Waals surface area contributed by atoms with Crippen LogP contribution in [0.25, 0.3) is 0 Å². The van der Waals surface area contributed by atoms with Crippen molar-refractivity contribution in [3.8, 4) is 17.4 Å². The summed E-state index contributed by atoms with van der Waals surface area (Å²) in [7, 11) is 0. The van der Waals surface area contributed by atoms with Gasteiger partial charge in [-0.25, -0.2) is 4.98 Å².